The van der Waals surface area contributed by atoms with Crippen LogP contribution in [0, 0.1) is 34.5 Å². The van der Waals surface area contributed by atoms with Gasteiger partial charge in [-0.1, -0.05) is 13.8 Å². The number of carbonyl (C=O) groups is 3. The van der Waals surface area contributed by atoms with Gasteiger partial charge < -0.3 is 10.2 Å². The molecule has 36 heavy (non-hydrogen) atoms. The van der Waals surface area contributed by atoms with Crippen LogP contribution in [0.15, 0.2) is 0 Å². The molecule has 0 spiro atoms. The van der Waals surface area contributed by atoms with Crippen LogP contribution < -0.4 is 5.32 Å². The Balaban J connectivity index is 1.61. The predicted molar refractivity (Wildman–Crippen MR) is 146 cm³/mol. The second-order valence-electron chi connectivity index (χ2n) is 14.6. The molecule has 0 bridgehead atoms. The van der Waals surface area contributed by atoms with E-state index in [1.807, 2.05) is 16.8 Å². The number of nitrogens with zero attached hydrogens (tertiary/aromatic N) is 2. The summed E-state index contributed by atoms with van der Waals surface area (Å²) in [6.07, 6.45) is 5.74. The summed E-state index contributed by atoms with van der Waals surface area (Å²) in [6, 6.07) is 0.00733. The molecule has 0 unspecified atom stereocenters. The molecular formula is C29H47N3O3S. The predicted octanol–water partition coefficient (Wildman–Crippen LogP) is 4.95. The molecule has 3 saturated carbocycles. The summed E-state index contributed by atoms with van der Waals surface area (Å²) in [6.45, 7) is 16.8. The number of piperidine rings is 1. The minimum atomic E-state index is -0.468. The van der Waals surface area contributed by atoms with Crippen molar-refractivity contribution in [3.05, 3.63) is 0 Å². The van der Waals surface area contributed by atoms with Crippen LogP contribution in [0.2, 0.25) is 0 Å². The Kier molecular flexibility index (Phi) is 6.71. The van der Waals surface area contributed by atoms with E-state index in [-0.39, 0.29) is 52.8 Å². The lowest BCUT2D eigenvalue weighted by molar-refractivity contribution is -0.171. The summed E-state index contributed by atoms with van der Waals surface area (Å²) >= 11 is 5.80. The number of carbonyl (C=O) groups excluding carboxylic acids is 3. The maximum absolute atomic E-state index is 14.3. The van der Waals surface area contributed by atoms with Crippen molar-refractivity contribution >= 4 is 34.9 Å². The first-order valence-corrected chi connectivity index (χ1v) is 14.3. The molecule has 1 saturated heterocycles. The highest BCUT2D eigenvalue weighted by molar-refractivity contribution is 7.80. The SMILES string of the molecule is CN1C(=O)CC(=O)[C@]2(C)[C@H]3CC[C@]4(C)[C@@H](C(=O)N(C(=S)NC(C)(C)C)C(C)(C)C)CC[C@H]4[C@@H]3CC[C@@H]12. The van der Waals surface area contributed by atoms with E-state index in [2.05, 4.69) is 60.7 Å². The van der Waals surface area contributed by atoms with Crippen LogP contribution in [0.1, 0.15) is 100 Å². The van der Waals surface area contributed by atoms with Gasteiger partial charge in [-0.25, -0.2) is 0 Å². The number of rotatable bonds is 1. The molecule has 7 atom stereocenters. The Hall–Kier alpha value is -1.50. The fourth-order valence-electron chi connectivity index (χ4n) is 8.62. The highest BCUT2D eigenvalue weighted by Crippen LogP contribution is 2.65. The summed E-state index contributed by atoms with van der Waals surface area (Å²) in [7, 11) is 1.88. The summed E-state index contributed by atoms with van der Waals surface area (Å²) in [5, 5.41) is 3.88. The summed E-state index contributed by atoms with van der Waals surface area (Å²) < 4.78 is 0. The molecule has 1 N–H and O–H groups in total. The number of nitrogens with one attached hydrogen (secondary N) is 1. The Morgan fingerprint density at radius 2 is 1.64 bits per heavy atom. The second-order valence-corrected chi connectivity index (χ2v) is 14.9. The van der Waals surface area contributed by atoms with Crippen molar-refractivity contribution in [1.82, 2.24) is 15.1 Å². The Labute approximate surface area is 223 Å². The lowest BCUT2D eigenvalue weighted by atomic mass is 9.46. The molecule has 0 aromatic rings. The van der Waals surface area contributed by atoms with E-state index in [9.17, 15) is 14.4 Å². The molecule has 7 heteroatoms. The molecule has 6 nitrogen and oxygen atoms in total. The number of ketones is 1. The van der Waals surface area contributed by atoms with Crippen molar-refractivity contribution in [3.8, 4) is 0 Å². The standard InChI is InChI=1S/C29H47N3O3S/c1-26(2,3)30-25(36)32(27(4,5)6)24(35)20-12-11-18-17-10-13-21-29(8,19(17)14-15-28(18,20)7)22(33)16-23(34)31(21)9/h17-21H,10-16H2,1-9H3,(H,30,36)/t17-,18-,19-,20+,21+,28-,29+/m0/s1. The molecule has 4 rings (SSSR count). The van der Waals surface area contributed by atoms with Crippen LogP contribution in [0.25, 0.3) is 0 Å². The second kappa shape index (κ2) is 8.78. The molecule has 0 aromatic carbocycles. The lowest BCUT2D eigenvalue weighted by Crippen LogP contribution is -2.65. The van der Waals surface area contributed by atoms with Crippen molar-refractivity contribution in [2.24, 2.45) is 34.5 Å². The first-order valence-electron chi connectivity index (χ1n) is 13.9. The molecular weight excluding hydrogens is 470 g/mol. The lowest BCUT2D eigenvalue weighted by Gasteiger charge is -2.60. The maximum Gasteiger partial charge on any atom is 0.232 e. The van der Waals surface area contributed by atoms with Crippen molar-refractivity contribution in [3.63, 3.8) is 0 Å². The van der Waals surface area contributed by atoms with Crippen LogP contribution in [-0.2, 0) is 14.4 Å². The zero-order valence-electron chi connectivity index (χ0n) is 23.9. The van der Waals surface area contributed by atoms with Gasteiger partial charge in [0.05, 0.1) is 11.8 Å². The minimum Gasteiger partial charge on any atom is -0.358 e. The quantitative estimate of drug-likeness (QED) is 0.394. The van der Waals surface area contributed by atoms with Gasteiger partial charge in [0.1, 0.15) is 5.78 Å². The average molecular weight is 518 g/mol. The third-order valence-electron chi connectivity index (χ3n) is 10.3. The highest BCUT2D eigenvalue weighted by Gasteiger charge is 2.64. The third kappa shape index (κ3) is 4.21. The van der Waals surface area contributed by atoms with Gasteiger partial charge >= 0.3 is 0 Å². The Morgan fingerprint density at radius 1 is 1.00 bits per heavy atom. The van der Waals surface area contributed by atoms with Gasteiger partial charge in [0, 0.05) is 30.1 Å². The summed E-state index contributed by atoms with van der Waals surface area (Å²) in [5.74, 6) is 1.31. The first-order chi connectivity index (χ1) is 16.4. The van der Waals surface area contributed by atoms with Crippen LogP contribution in [0.3, 0.4) is 0 Å². The molecule has 4 aliphatic rings. The number of fused-ring (bicyclic) bond motifs is 5. The largest absolute Gasteiger partial charge is 0.358 e. The normalized spacial score (nSPS) is 38.7. The molecule has 202 valence electrons. The minimum absolute atomic E-state index is 0.00733. The van der Waals surface area contributed by atoms with Crippen LogP contribution in [0.4, 0.5) is 0 Å². The first kappa shape index (κ1) is 27.5. The number of hydrogen-bond acceptors (Lipinski definition) is 4. The number of likely N-dealkylation sites (tertiary alicyclic amines) is 1. The van der Waals surface area contributed by atoms with E-state index >= 15 is 0 Å². The van der Waals surface area contributed by atoms with E-state index < -0.39 is 11.0 Å². The molecule has 1 aliphatic heterocycles. The maximum atomic E-state index is 14.3. The van der Waals surface area contributed by atoms with Crippen molar-refractivity contribution in [1.29, 1.82) is 0 Å². The Morgan fingerprint density at radius 3 is 2.22 bits per heavy atom. The topological polar surface area (TPSA) is 69.7 Å². The molecule has 0 aromatic heterocycles. The van der Waals surface area contributed by atoms with Gasteiger partial charge in [0.2, 0.25) is 11.8 Å². The van der Waals surface area contributed by atoms with E-state index in [0.29, 0.717) is 16.9 Å². The van der Waals surface area contributed by atoms with Gasteiger partial charge in [0.15, 0.2) is 5.11 Å². The van der Waals surface area contributed by atoms with Gasteiger partial charge in [-0.2, -0.15) is 0 Å². The Bertz CT molecular complexity index is 966. The zero-order valence-corrected chi connectivity index (χ0v) is 24.7. The van der Waals surface area contributed by atoms with E-state index in [0.717, 1.165) is 38.5 Å². The van der Waals surface area contributed by atoms with Gasteiger partial charge in [-0.05, 0) is 115 Å². The molecule has 4 fully saturated rings. The average Bonchev–Trinajstić information content (AvgIpc) is 3.07. The summed E-state index contributed by atoms with van der Waals surface area (Å²) in [5.41, 5.74) is -1.21. The third-order valence-corrected chi connectivity index (χ3v) is 10.6. The van der Waals surface area contributed by atoms with E-state index in [4.69, 9.17) is 12.2 Å². The van der Waals surface area contributed by atoms with E-state index in [1.54, 1.807) is 0 Å². The van der Waals surface area contributed by atoms with Gasteiger partial charge in [0.25, 0.3) is 0 Å². The smallest absolute Gasteiger partial charge is 0.232 e. The number of thiocarbonyl (C=S) groups is 1. The molecule has 2 amide bonds. The van der Waals surface area contributed by atoms with Crippen LogP contribution >= 0.6 is 12.2 Å². The fraction of sp³-hybridized carbons (Fsp3) is 0.862. The fourth-order valence-corrected chi connectivity index (χ4v) is 9.29. The monoisotopic (exact) mass is 517 g/mol. The highest BCUT2D eigenvalue weighted by atomic mass is 32.1. The van der Waals surface area contributed by atoms with Crippen molar-refractivity contribution in [2.45, 2.75) is 117 Å². The zero-order chi connectivity index (χ0) is 27.0. The van der Waals surface area contributed by atoms with E-state index in [1.165, 1.54) is 0 Å². The van der Waals surface area contributed by atoms with Crippen molar-refractivity contribution in [2.75, 3.05) is 7.05 Å². The number of Topliss-reactive ketones (excluding diaryl/α,β-unsaturated/α-hetero) is 1. The van der Waals surface area contributed by atoms with Crippen LogP contribution in [-0.4, -0.2) is 56.7 Å². The molecule has 1 heterocycles. The number of hydrogen-bond donors (Lipinski definition) is 1. The molecule has 0 radical (unpaired) electrons. The van der Waals surface area contributed by atoms with Gasteiger partial charge in [-0.15, -0.1) is 0 Å². The van der Waals surface area contributed by atoms with Crippen LogP contribution in [0.5, 0.6) is 0 Å². The number of amides is 2. The summed E-state index contributed by atoms with van der Waals surface area (Å²) in [4.78, 5) is 43.8. The van der Waals surface area contributed by atoms with Crippen molar-refractivity contribution < 1.29 is 14.4 Å². The van der Waals surface area contributed by atoms with Gasteiger partial charge in [-0.3, -0.25) is 19.3 Å². The molecule has 3 aliphatic carbocycles.